The van der Waals surface area contributed by atoms with Gasteiger partial charge in [0, 0.05) is 50.5 Å². The molecule has 2 fully saturated rings. The molecular weight excluding hydrogens is 320 g/mol. The molecule has 138 valence electrons. The van der Waals surface area contributed by atoms with Crippen molar-refractivity contribution in [2.24, 2.45) is 0 Å². The maximum atomic E-state index is 4.82. The van der Waals surface area contributed by atoms with Crippen molar-refractivity contribution in [2.45, 2.75) is 31.8 Å². The molecule has 1 unspecified atom stereocenters. The largest absolute Gasteiger partial charge is 0.354 e. The fraction of sp³-hybridized carbons (Fsp3) is 0.500. The van der Waals surface area contributed by atoms with E-state index in [0.29, 0.717) is 6.04 Å². The molecule has 0 bridgehead atoms. The van der Waals surface area contributed by atoms with Gasteiger partial charge in [-0.1, -0.05) is 42.8 Å². The summed E-state index contributed by atoms with van der Waals surface area (Å²) in [6.07, 6.45) is 5.81. The van der Waals surface area contributed by atoms with Gasteiger partial charge in [0.15, 0.2) is 0 Å². The van der Waals surface area contributed by atoms with Crippen LogP contribution in [0.3, 0.4) is 0 Å². The van der Waals surface area contributed by atoms with E-state index in [4.69, 9.17) is 4.98 Å². The number of likely N-dealkylation sites (N-methyl/N-ethyl adjacent to an activating group) is 1. The molecule has 3 heterocycles. The third-order valence-electron chi connectivity index (χ3n) is 5.82. The number of hydrogen-bond acceptors (Lipinski definition) is 4. The zero-order chi connectivity index (χ0) is 17.8. The first-order valence-corrected chi connectivity index (χ1v) is 9.97. The van der Waals surface area contributed by atoms with Crippen LogP contribution in [-0.4, -0.2) is 54.6 Å². The van der Waals surface area contributed by atoms with Gasteiger partial charge in [0.2, 0.25) is 0 Å². The van der Waals surface area contributed by atoms with E-state index in [2.05, 4.69) is 64.2 Å². The lowest BCUT2D eigenvalue weighted by molar-refractivity contribution is 0.140. The van der Waals surface area contributed by atoms with Crippen LogP contribution >= 0.6 is 0 Å². The van der Waals surface area contributed by atoms with Crippen molar-refractivity contribution in [3.8, 4) is 0 Å². The SMILES string of the molecule is CN1CCN(c2ncccc2C2CCCCN2Cc2ccccc2)CC1. The molecule has 26 heavy (non-hydrogen) atoms. The minimum atomic E-state index is 0.479. The second-order valence-corrected chi connectivity index (χ2v) is 7.67. The molecule has 4 heteroatoms. The van der Waals surface area contributed by atoms with Crippen LogP contribution < -0.4 is 4.90 Å². The maximum Gasteiger partial charge on any atom is 0.133 e. The molecule has 4 nitrogen and oxygen atoms in total. The number of piperidine rings is 1. The van der Waals surface area contributed by atoms with Crippen LogP contribution in [-0.2, 0) is 6.54 Å². The fourth-order valence-corrected chi connectivity index (χ4v) is 4.30. The summed E-state index contributed by atoms with van der Waals surface area (Å²) >= 11 is 0. The zero-order valence-electron chi connectivity index (χ0n) is 15.8. The first kappa shape index (κ1) is 17.5. The van der Waals surface area contributed by atoms with Crippen LogP contribution in [0, 0.1) is 0 Å². The van der Waals surface area contributed by atoms with Gasteiger partial charge in [0.1, 0.15) is 5.82 Å². The number of likely N-dealkylation sites (tertiary alicyclic amines) is 1. The molecule has 0 spiro atoms. The van der Waals surface area contributed by atoms with E-state index in [-0.39, 0.29) is 0 Å². The molecule has 0 N–H and O–H groups in total. The highest BCUT2D eigenvalue weighted by atomic mass is 15.3. The predicted molar refractivity (Wildman–Crippen MR) is 107 cm³/mol. The minimum Gasteiger partial charge on any atom is -0.354 e. The van der Waals surface area contributed by atoms with Crippen molar-refractivity contribution in [3.63, 3.8) is 0 Å². The molecular formula is C22H30N4. The average molecular weight is 351 g/mol. The van der Waals surface area contributed by atoms with Gasteiger partial charge in [-0.2, -0.15) is 0 Å². The van der Waals surface area contributed by atoms with Crippen molar-refractivity contribution in [1.29, 1.82) is 0 Å². The van der Waals surface area contributed by atoms with Crippen LogP contribution in [0.25, 0.3) is 0 Å². The third-order valence-corrected chi connectivity index (χ3v) is 5.82. The molecule has 1 aromatic carbocycles. The molecule has 1 aromatic heterocycles. The van der Waals surface area contributed by atoms with Crippen LogP contribution in [0.5, 0.6) is 0 Å². The lowest BCUT2D eigenvalue weighted by Gasteiger charge is -2.39. The maximum absolute atomic E-state index is 4.82. The summed E-state index contributed by atoms with van der Waals surface area (Å²) in [5, 5.41) is 0. The molecule has 0 radical (unpaired) electrons. The molecule has 4 rings (SSSR count). The van der Waals surface area contributed by atoms with E-state index in [1.165, 1.54) is 42.8 Å². The molecule has 1 atom stereocenters. The summed E-state index contributed by atoms with van der Waals surface area (Å²) < 4.78 is 0. The topological polar surface area (TPSA) is 22.6 Å². The molecule has 2 aliphatic rings. The van der Waals surface area contributed by atoms with Crippen LogP contribution in [0.4, 0.5) is 5.82 Å². The summed E-state index contributed by atoms with van der Waals surface area (Å²) in [7, 11) is 2.21. The second kappa shape index (κ2) is 8.19. The Labute approximate surface area is 157 Å². The quantitative estimate of drug-likeness (QED) is 0.841. The van der Waals surface area contributed by atoms with Gasteiger partial charge in [0.05, 0.1) is 0 Å². The standard InChI is InChI=1S/C22H30N4/c1-24-14-16-25(17-15-24)22-20(10-7-12-23-22)21-11-5-6-13-26(21)18-19-8-3-2-4-9-19/h2-4,7-10,12,21H,5-6,11,13-18H2,1H3. The number of pyridine rings is 1. The number of anilines is 1. The van der Waals surface area contributed by atoms with Crippen molar-refractivity contribution in [3.05, 3.63) is 59.8 Å². The van der Waals surface area contributed by atoms with Gasteiger partial charge in [0.25, 0.3) is 0 Å². The molecule has 0 saturated carbocycles. The Bertz CT molecular complexity index is 694. The lowest BCUT2D eigenvalue weighted by atomic mass is 9.94. The summed E-state index contributed by atoms with van der Waals surface area (Å²) in [5.41, 5.74) is 2.83. The van der Waals surface area contributed by atoms with Crippen LogP contribution in [0.1, 0.15) is 36.4 Å². The first-order chi connectivity index (χ1) is 12.8. The Hall–Kier alpha value is -1.91. The number of nitrogens with zero attached hydrogens (tertiary/aromatic N) is 4. The van der Waals surface area contributed by atoms with Crippen molar-refractivity contribution in [1.82, 2.24) is 14.8 Å². The number of piperazine rings is 1. The number of hydrogen-bond donors (Lipinski definition) is 0. The minimum absolute atomic E-state index is 0.479. The zero-order valence-corrected chi connectivity index (χ0v) is 15.8. The molecule has 0 amide bonds. The normalized spacial score (nSPS) is 22.5. The Kier molecular flexibility index (Phi) is 5.51. The number of benzene rings is 1. The predicted octanol–water partition coefficient (Wildman–Crippen LogP) is 3.56. The van der Waals surface area contributed by atoms with Gasteiger partial charge in [-0.15, -0.1) is 0 Å². The summed E-state index contributed by atoms with van der Waals surface area (Å²) in [6, 6.07) is 15.8. The highest BCUT2D eigenvalue weighted by Crippen LogP contribution is 2.36. The molecule has 2 aromatic rings. The summed E-state index contributed by atoms with van der Waals surface area (Å²) in [6.45, 7) is 6.60. The van der Waals surface area contributed by atoms with Gasteiger partial charge >= 0.3 is 0 Å². The highest BCUT2D eigenvalue weighted by molar-refractivity contribution is 5.49. The Morgan fingerprint density at radius 2 is 1.73 bits per heavy atom. The van der Waals surface area contributed by atoms with Crippen molar-refractivity contribution < 1.29 is 0 Å². The van der Waals surface area contributed by atoms with Gasteiger partial charge in [-0.05, 0) is 38.1 Å². The summed E-state index contributed by atoms with van der Waals surface area (Å²) in [4.78, 5) is 12.4. The number of aromatic nitrogens is 1. The fourth-order valence-electron chi connectivity index (χ4n) is 4.30. The van der Waals surface area contributed by atoms with Crippen LogP contribution in [0.2, 0.25) is 0 Å². The monoisotopic (exact) mass is 350 g/mol. The van der Waals surface area contributed by atoms with E-state index in [9.17, 15) is 0 Å². The van der Waals surface area contributed by atoms with Gasteiger partial charge < -0.3 is 9.80 Å². The second-order valence-electron chi connectivity index (χ2n) is 7.67. The molecule has 0 aliphatic carbocycles. The van der Waals surface area contributed by atoms with E-state index >= 15 is 0 Å². The lowest BCUT2D eigenvalue weighted by Crippen LogP contribution is -2.45. The summed E-state index contributed by atoms with van der Waals surface area (Å²) in [5.74, 6) is 1.21. The van der Waals surface area contributed by atoms with E-state index < -0.39 is 0 Å². The van der Waals surface area contributed by atoms with Crippen LogP contribution in [0.15, 0.2) is 48.7 Å². The van der Waals surface area contributed by atoms with E-state index in [1.54, 1.807) is 0 Å². The smallest absolute Gasteiger partial charge is 0.133 e. The van der Waals surface area contributed by atoms with Crippen molar-refractivity contribution >= 4 is 5.82 Å². The van der Waals surface area contributed by atoms with E-state index in [1.807, 2.05) is 6.20 Å². The van der Waals surface area contributed by atoms with Crippen molar-refractivity contribution in [2.75, 3.05) is 44.7 Å². The third kappa shape index (κ3) is 3.92. The Balaban J connectivity index is 1.58. The van der Waals surface area contributed by atoms with Gasteiger partial charge in [-0.25, -0.2) is 4.98 Å². The number of rotatable bonds is 4. The Morgan fingerprint density at radius 3 is 2.54 bits per heavy atom. The van der Waals surface area contributed by atoms with Gasteiger partial charge in [-0.3, -0.25) is 4.90 Å². The van der Waals surface area contributed by atoms with E-state index in [0.717, 1.165) is 32.7 Å². The average Bonchev–Trinajstić information content (AvgIpc) is 2.70. The molecule has 2 saturated heterocycles. The Morgan fingerprint density at radius 1 is 0.923 bits per heavy atom. The first-order valence-electron chi connectivity index (χ1n) is 9.97. The highest BCUT2D eigenvalue weighted by Gasteiger charge is 2.28. The molecule has 2 aliphatic heterocycles.